The van der Waals surface area contributed by atoms with Crippen molar-refractivity contribution in [3.05, 3.63) is 35.9 Å². The zero-order chi connectivity index (χ0) is 16.5. The molecule has 0 aliphatic heterocycles. The van der Waals surface area contributed by atoms with Gasteiger partial charge in [0.25, 0.3) is 0 Å². The minimum atomic E-state index is -0.848. The molecule has 0 aromatic heterocycles. The van der Waals surface area contributed by atoms with E-state index in [0.717, 1.165) is 18.1 Å². The zero-order valence-corrected chi connectivity index (χ0v) is 15.1. The second-order valence-electron chi connectivity index (χ2n) is 6.33. The van der Waals surface area contributed by atoms with Crippen LogP contribution in [0.3, 0.4) is 0 Å². The van der Waals surface area contributed by atoms with E-state index in [1.54, 1.807) is 7.05 Å². The van der Waals surface area contributed by atoms with E-state index >= 15 is 0 Å². The van der Waals surface area contributed by atoms with Gasteiger partial charge in [0.1, 0.15) is 0 Å². The molecule has 0 bridgehead atoms. The van der Waals surface area contributed by atoms with Crippen molar-refractivity contribution in [3.63, 3.8) is 0 Å². The SMILES string of the molecule is CCC1(CNC(=NC)NCCS(=O)Cc2ccccc2)CCC1. The van der Waals surface area contributed by atoms with Crippen LogP contribution in [-0.4, -0.2) is 36.1 Å². The number of rotatable bonds is 8. The van der Waals surface area contributed by atoms with Crippen LogP contribution in [0.2, 0.25) is 0 Å². The topological polar surface area (TPSA) is 53.5 Å². The van der Waals surface area contributed by atoms with Crippen molar-refractivity contribution in [2.45, 2.75) is 38.4 Å². The molecular formula is C18H29N3OS. The number of benzene rings is 1. The number of nitrogens with one attached hydrogen (secondary N) is 2. The second-order valence-corrected chi connectivity index (χ2v) is 7.91. The minimum absolute atomic E-state index is 0.466. The third kappa shape index (κ3) is 5.65. The van der Waals surface area contributed by atoms with Crippen molar-refractivity contribution in [1.29, 1.82) is 0 Å². The molecule has 23 heavy (non-hydrogen) atoms. The van der Waals surface area contributed by atoms with Crippen LogP contribution in [0.5, 0.6) is 0 Å². The molecule has 0 radical (unpaired) electrons. The van der Waals surface area contributed by atoms with Gasteiger partial charge in [-0.1, -0.05) is 43.7 Å². The molecule has 0 amide bonds. The Morgan fingerprint density at radius 1 is 1.26 bits per heavy atom. The van der Waals surface area contributed by atoms with Gasteiger partial charge >= 0.3 is 0 Å². The highest BCUT2D eigenvalue weighted by atomic mass is 32.2. The Bertz CT molecular complexity index is 521. The Labute approximate surface area is 142 Å². The Balaban J connectivity index is 1.66. The highest BCUT2D eigenvalue weighted by molar-refractivity contribution is 7.84. The van der Waals surface area contributed by atoms with Gasteiger partial charge in [-0.05, 0) is 30.2 Å². The quantitative estimate of drug-likeness (QED) is 0.567. The Kier molecular flexibility index (Phi) is 7.09. The summed E-state index contributed by atoms with van der Waals surface area (Å²) < 4.78 is 12.1. The molecule has 1 aromatic carbocycles. The Morgan fingerprint density at radius 3 is 2.57 bits per heavy atom. The van der Waals surface area contributed by atoms with Gasteiger partial charge in [-0.25, -0.2) is 0 Å². The number of hydrogen-bond donors (Lipinski definition) is 2. The van der Waals surface area contributed by atoms with Gasteiger partial charge in [-0.3, -0.25) is 9.20 Å². The standard InChI is InChI=1S/C18H29N3OS/c1-3-18(10-7-11-18)15-21-17(19-2)20-12-13-23(22)14-16-8-5-4-6-9-16/h4-6,8-9H,3,7,10-15H2,1-2H3,(H2,19,20,21). The van der Waals surface area contributed by atoms with Crippen molar-refractivity contribution >= 4 is 16.8 Å². The lowest BCUT2D eigenvalue weighted by atomic mass is 9.67. The fourth-order valence-electron chi connectivity index (χ4n) is 2.94. The molecule has 128 valence electrons. The monoisotopic (exact) mass is 335 g/mol. The van der Waals surface area contributed by atoms with E-state index < -0.39 is 10.8 Å². The first-order chi connectivity index (χ1) is 11.2. The van der Waals surface area contributed by atoms with E-state index in [1.165, 1.54) is 25.7 Å². The first-order valence-corrected chi connectivity index (χ1v) is 10.00. The summed E-state index contributed by atoms with van der Waals surface area (Å²) in [4.78, 5) is 4.26. The molecule has 1 aromatic rings. The average molecular weight is 336 g/mol. The fourth-order valence-corrected chi connectivity index (χ4v) is 3.98. The first kappa shape index (κ1) is 18.0. The maximum atomic E-state index is 12.1. The van der Waals surface area contributed by atoms with Crippen molar-refractivity contribution in [2.75, 3.05) is 25.9 Å². The van der Waals surface area contributed by atoms with E-state index in [9.17, 15) is 4.21 Å². The van der Waals surface area contributed by atoms with E-state index in [-0.39, 0.29) is 0 Å². The lowest BCUT2D eigenvalue weighted by Gasteiger charge is -2.41. The fraction of sp³-hybridized carbons (Fsp3) is 0.611. The molecule has 0 saturated heterocycles. The third-order valence-electron chi connectivity index (χ3n) is 4.81. The molecule has 1 aliphatic rings. The van der Waals surface area contributed by atoms with Crippen molar-refractivity contribution in [3.8, 4) is 0 Å². The molecule has 2 rings (SSSR count). The van der Waals surface area contributed by atoms with Gasteiger partial charge in [0.05, 0.1) is 0 Å². The number of hydrogen-bond acceptors (Lipinski definition) is 2. The smallest absolute Gasteiger partial charge is 0.191 e. The van der Waals surface area contributed by atoms with Gasteiger partial charge in [0.2, 0.25) is 0 Å². The second kappa shape index (κ2) is 9.06. The molecule has 4 nitrogen and oxygen atoms in total. The summed E-state index contributed by atoms with van der Waals surface area (Å²) in [5, 5.41) is 6.70. The predicted octanol–water partition coefficient (Wildman–Crippen LogP) is 2.68. The van der Waals surface area contributed by atoms with Crippen molar-refractivity contribution < 1.29 is 4.21 Å². The van der Waals surface area contributed by atoms with Gasteiger partial charge < -0.3 is 10.6 Å². The average Bonchev–Trinajstić information content (AvgIpc) is 2.53. The van der Waals surface area contributed by atoms with Crippen LogP contribution in [-0.2, 0) is 16.6 Å². The van der Waals surface area contributed by atoms with E-state index in [1.807, 2.05) is 30.3 Å². The summed E-state index contributed by atoms with van der Waals surface area (Å²) in [6.45, 7) is 3.93. The lowest BCUT2D eigenvalue weighted by Crippen LogP contribution is -2.46. The Morgan fingerprint density at radius 2 is 2.00 bits per heavy atom. The summed E-state index contributed by atoms with van der Waals surface area (Å²) in [5.41, 5.74) is 1.59. The van der Waals surface area contributed by atoms with Gasteiger partial charge in [0, 0.05) is 42.4 Å². The molecule has 2 N–H and O–H groups in total. The summed E-state index contributed by atoms with van der Waals surface area (Å²) in [5.74, 6) is 2.07. The van der Waals surface area contributed by atoms with Crippen LogP contribution in [0, 0.1) is 5.41 Å². The van der Waals surface area contributed by atoms with E-state index in [4.69, 9.17) is 0 Å². The Hall–Kier alpha value is -1.36. The van der Waals surface area contributed by atoms with Crippen LogP contribution in [0.4, 0.5) is 0 Å². The minimum Gasteiger partial charge on any atom is -0.356 e. The molecule has 1 unspecified atom stereocenters. The molecule has 5 heteroatoms. The highest BCUT2D eigenvalue weighted by Gasteiger charge is 2.34. The van der Waals surface area contributed by atoms with E-state index in [0.29, 0.717) is 23.5 Å². The third-order valence-corrected chi connectivity index (χ3v) is 6.13. The zero-order valence-electron chi connectivity index (χ0n) is 14.3. The normalized spacial score (nSPS) is 18.1. The molecule has 1 fully saturated rings. The summed E-state index contributed by atoms with van der Waals surface area (Å²) in [6.07, 6.45) is 5.20. The largest absolute Gasteiger partial charge is 0.356 e. The number of guanidine groups is 1. The summed E-state index contributed by atoms with van der Waals surface area (Å²) in [6, 6.07) is 10.00. The molecular weight excluding hydrogens is 306 g/mol. The van der Waals surface area contributed by atoms with Crippen LogP contribution in [0.25, 0.3) is 0 Å². The predicted molar refractivity (Wildman–Crippen MR) is 99.1 cm³/mol. The maximum absolute atomic E-state index is 12.1. The molecule has 1 aliphatic carbocycles. The van der Waals surface area contributed by atoms with Gasteiger partial charge in [-0.15, -0.1) is 0 Å². The van der Waals surface area contributed by atoms with Gasteiger partial charge in [0.15, 0.2) is 5.96 Å². The highest BCUT2D eigenvalue weighted by Crippen LogP contribution is 2.42. The number of aliphatic imine (C=N–C) groups is 1. The first-order valence-electron chi connectivity index (χ1n) is 8.51. The maximum Gasteiger partial charge on any atom is 0.191 e. The van der Waals surface area contributed by atoms with Crippen molar-refractivity contribution in [2.24, 2.45) is 10.4 Å². The van der Waals surface area contributed by atoms with Crippen LogP contribution < -0.4 is 10.6 Å². The van der Waals surface area contributed by atoms with Crippen molar-refractivity contribution in [1.82, 2.24) is 10.6 Å². The molecule has 1 atom stereocenters. The summed E-state index contributed by atoms with van der Waals surface area (Å²) >= 11 is 0. The van der Waals surface area contributed by atoms with Crippen LogP contribution in [0.1, 0.15) is 38.2 Å². The molecule has 1 saturated carbocycles. The van der Waals surface area contributed by atoms with Crippen LogP contribution >= 0.6 is 0 Å². The van der Waals surface area contributed by atoms with Crippen LogP contribution in [0.15, 0.2) is 35.3 Å². The lowest BCUT2D eigenvalue weighted by molar-refractivity contribution is 0.131. The van der Waals surface area contributed by atoms with Gasteiger partial charge in [-0.2, -0.15) is 0 Å². The summed E-state index contributed by atoms with van der Waals surface area (Å²) in [7, 11) is 0.940. The molecule has 0 heterocycles. The molecule has 0 spiro atoms. The number of nitrogens with zero attached hydrogens (tertiary/aromatic N) is 1. The van der Waals surface area contributed by atoms with E-state index in [2.05, 4.69) is 22.5 Å².